The Hall–Kier alpha value is -2.04. The fourth-order valence-electron chi connectivity index (χ4n) is 1.81. The van der Waals surface area contributed by atoms with E-state index in [4.69, 9.17) is 4.42 Å². The second-order valence-electron chi connectivity index (χ2n) is 4.20. The van der Waals surface area contributed by atoms with Crippen LogP contribution in [0.3, 0.4) is 0 Å². The summed E-state index contributed by atoms with van der Waals surface area (Å²) in [7, 11) is 0. The Morgan fingerprint density at radius 3 is 3.06 bits per heavy atom. The minimum Gasteiger partial charge on any atom is -0.469 e. The molecule has 1 N–H and O–H groups in total. The van der Waals surface area contributed by atoms with E-state index in [0.29, 0.717) is 12.4 Å². The molecule has 18 heavy (non-hydrogen) atoms. The third kappa shape index (κ3) is 2.80. The van der Waals surface area contributed by atoms with Gasteiger partial charge in [-0.15, -0.1) is 0 Å². The maximum absolute atomic E-state index is 12.0. The number of nitrogens with zero attached hydrogens (tertiary/aromatic N) is 2. The quantitative estimate of drug-likeness (QED) is 0.876. The highest BCUT2D eigenvalue weighted by atomic mass is 16.3. The Kier molecular flexibility index (Phi) is 3.82. The fraction of sp³-hybridized carbons (Fsp3) is 0.385. The van der Waals surface area contributed by atoms with Crippen LogP contribution < -0.4 is 10.9 Å². The predicted molar refractivity (Wildman–Crippen MR) is 69.7 cm³/mol. The molecule has 0 spiro atoms. The molecule has 2 rings (SSSR count). The molecule has 0 amide bonds. The highest BCUT2D eigenvalue weighted by Gasteiger charge is 2.09. The molecule has 0 aliphatic heterocycles. The Bertz CT molecular complexity index is 546. The summed E-state index contributed by atoms with van der Waals surface area (Å²) in [5.74, 6) is 1.28. The lowest BCUT2D eigenvalue weighted by molar-refractivity contribution is 0.497. The van der Waals surface area contributed by atoms with Crippen molar-refractivity contribution >= 4 is 5.82 Å². The van der Waals surface area contributed by atoms with Gasteiger partial charge in [0.15, 0.2) is 5.82 Å². The van der Waals surface area contributed by atoms with Crippen molar-refractivity contribution in [1.82, 2.24) is 9.55 Å². The van der Waals surface area contributed by atoms with Crippen molar-refractivity contribution < 1.29 is 4.42 Å². The van der Waals surface area contributed by atoms with Gasteiger partial charge in [-0.05, 0) is 26.0 Å². The van der Waals surface area contributed by atoms with Gasteiger partial charge in [0.05, 0.1) is 6.26 Å². The van der Waals surface area contributed by atoms with Gasteiger partial charge in [0.2, 0.25) is 0 Å². The van der Waals surface area contributed by atoms with Crippen LogP contribution in [0.25, 0.3) is 0 Å². The van der Waals surface area contributed by atoms with Crippen molar-refractivity contribution in [3.05, 3.63) is 46.9 Å². The van der Waals surface area contributed by atoms with E-state index in [1.165, 1.54) is 0 Å². The van der Waals surface area contributed by atoms with E-state index in [9.17, 15) is 4.79 Å². The monoisotopic (exact) mass is 247 g/mol. The third-order valence-corrected chi connectivity index (χ3v) is 2.72. The summed E-state index contributed by atoms with van der Waals surface area (Å²) in [6.45, 7) is 4.56. The van der Waals surface area contributed by atoms with Crippen LogP contribution >= 0.6 is 0 Å². The zero-order valence-corrected chi connectivity index (χ0v) is 10.6. The number of furan rings is 1. The number of hydrogen-bond donors (Lipinski definition) is 1. The summed E-state index contributed by atoms with van der Waals surface area (Å²) in [6, 6.07) is 3.86. The second-order valence-corrected chi connectivity index (χ2v) is 4.20. The van der Waals surface area contributed by atoms with Gasteiger partial charge in [-0.2, -0.15) is 0 Å². The highest BCUT2D eigenvalue weighted by Crippen LogP contribution is 2.06. The summed E-state index contributed by atoms with van der Waals surface area (Å²) in [4.78, 5) is 16.0. The molecule has 0 bridgehead atoms. The minimum absolute atomic E-state index is 0.0871. The molecule has 5 heteroatoms. The van der Waals surface area contributed by atoms with Gasteiger partial charge >= 0.3 is 0 Å². The third-order valence-electron chi connectivity index (χ3n) is 2.72. The number of aryl methyl sites for hydroxylation is 1. The Morgan fingerprint density at radius 2 is 2.39 bits per heavy atom. The first kappa shape index (κ1) is 12.4. The average Bonchev–Trinajstić information content (AvgIpc) is 2.84. The van der Waals surface area contributed by atoms with Crippen molar-refractivity contribution in [3.8, 4) is 0 Å². The lowest BCUT2D eigenvalue weighted by Gasteiger charge is -2.13. The van der Waals surface area contributed by atoms with E-state index >= 15 is 0 Å². The molecule has 5 nitrogen and oxygen atoms in total. The summed E-state index contributed by atoms with van der Waals surface area (Å²) < 4.78 is 6.89. The number of hydrogen-bond acceptors (Lipinski definition) is 4. The van der Waals surface area contributed by atoms with Gasteiger partial charge in [-0.3, -0.25) is 4.79 Å². The first-order chi connectivity index (χ1) is 8.70. The molecule has 0 saturated heterocycles. The molecule has 0 aliphatic rings. The maximum Gasteiger partial charge on any atom is 0.293 e. The van der Waals surface area contributed by atoms with Crippen molar-refractivity contribution in [2.45, 2.75) is 32.9 Å². The molecule has 1 atom stereocenters. The van der Waals surface area contributed by atoms with E-state index in [2.05, 4.69) is 10.3 Å². The smallest absolute Gasteiger partial charge is 0.293 e. The number of aromatic nitrogens is 2. The van der Waals surface area contributed by atoms with Gasteiger partial charge in [-0.25, -0.2) is 4.98 Å². The topological polar surface area (TPSA) is 60.1 Å². The van der Waals surface area contributed by atoms with Crippen LogP contribution in [0.15, 0.2) is 40.0 Å². The zero-order valence-electron chi connectivity index (χ0n) is 10.6. The lowest BCUT2D eigenvalue weighted by Crippen LogP contribution is -2.28. The number of rotatable bonds is 5. The summed E-state index contributed by atoms with van der Waals surface area (Å²) in [5.41, 5.74) is -0.0914. The first-order valence-electron chi connectivity index (χ1n) is 6.05. The van der Waals surface area contributed by atoms with Crippen molar-refractivity contribution in [2.24, 2.45) is 0 Å². The zero-order chi connectivity index (χ0) is 13.0. The van der Waals surface area contributed by atoms with Gasteiger partial charge in [0, 0.05) is 31.4 Å². The lowest BCUT2D eigenvalue weighted by atomic mass is 10.2. The van der Waals surface area contributed by atoms with Crippen LogP contribution in [0, 0.1) is 0 Å². The van der Waals surface area contributed by atoms with E-state index in [0.717, 1.165) is 12.2 Å². The van der Waals surface area contributed by atoms with Crippen molar-refractivity contribution in [3.63, 3.8) is 0 Å². The maximum atomic E-state index is 12.0. The standard InChI is InChI=1S/C13H17N3O2/c1-3-16-7-6-14-12(13(16)17)15-10(2)9-11-5-4-8-18-11/h4-8,10H,3,9H2,1-2H3,(H,14,15). The molecule has 0 fully saturated rings. The van der Waals surface area contributed by atoms with E-state index in [-0.39, 0.29) is 11.6 Å². The molecular weight excluding hydrogens is 230 g/mol. The van der Waals surface area contributed by atoms with E-state index in [1.807, 2.05) is 26.0 Å². The van der Waals surface area contributed by atoms with Crippen LogP contribution in [0.2, 0.25) is 0 Å². The predicted octanol–water partition coefficient (Wildman–Crippen LogP) is 1.90. The van der Waals surface area contributed by atoms with Crippen molar-refractivity contribution in [1.29, 1.82) is 0 Å². The molecular formula is C13H17N3O2. The molecule has 2 aromatic rings. The van der Waals surface area contributed by atoms with Gasteiger partial charge in [0.1, 0.15) is 5.76 Å². The van der Waals surface area contributed by atoms with Gasteiger partial charge in [-0.1, -0.05) is 0 Å². The van der Waals surface area contributed by atoms with Crippen LogP contribution in [0.1, 0.15) is 19.6 Å². The van der Waals surface area contributed by atoms with Gasteiger partial charge < -0.3 is 14.3 Å². The summed E-state index contributed by atoms with van der Waals surface area (Å²) in [6.07, 6.45) is 5.68. The average molecular weight is 247 g/mol. The molecule has 1 unspecified atom stereocenters. The van der Waals surface area contributed by atoms with Crippen LogP contribution in [-0.4, -0.2) is 15.6 Å². The summed E-state index contributed by atoms with van der Waals surface area (Å²) in [5, 5.41) is 3.12. The van der Waals surface area contributed by atoms with E-state index < -0.39 is 0 Å². The van der Waals surface area contributed by atoms with Gasteiger partial charge in [0.25, 0.3) is 5.56 Å². The van der Waals surface area contributed by atoms with E-state index in [1.54, 1.807) is 23.2 Å². The molecule has 2 aromatic heterocycles. The Labute approximate surface area is 105 Å². The number of nitrogens with one attached hydrogen (secondary N) is 1. The summed E-state index contributed by atoms with van der Waals surface area (Å²) >= 11 is 0. The fourth-order valence-corrected chi connectivity index (χ4v) is 1.81. The largest absolute Gasteiger partial charge is 0.469 e. The van der Waals surface area contributed by atoms with Crippen LogP contribution in [0.5, 0.6) is 0 Å². The SMILES string of the molecule is CCn1ccnc(NC(C)Cc2ccco2)c1=O. The van der Waals surface area contributed by atoms with Crippen molar-refractivity contribution in [2.75, 3.05) is 5.32 Å². The highest BCUT2D eigenvalue weighted by molar-refractivity contribution is 5.32. The second kappa shape index (κ2) is 5.53. The van der Waals surface area contributed by atoms with Crippen LogP contribution in [-0.2, 0) is 13.0 Å². The Balaban J connectivity index is 2.07. The molecule has 0 aliphatic carbocycles. The molecule has 2 heterocycles. The molecule has 0 saturated carbocycles. The normalized spacial score (nSPS) is 12.3. The Morgan fingerprint density at radius 1 is 1.56 bits per heavy atom. The first-order valence-corrected chi connectivity index (χ1v) is 6.05. The minimum atomic E-state index is -0.0914. The molecule has 0 aromatic carbocycles. The molecule has 0 radical (unpaired) electrons. The number of anilines is 1. The van der Waals surface area contributed by atoms with Crippen LogP contribution in [0.4, 0.5) is 5.82 Å². The molecule has 96 valence electrons.